The number of fused-ring (bicyclic) bond motifs is 1. The fourth-order valence-electron chi connectivity index (χ4n) is 1.89. The summed E-state index contributed by atoms with van der Waals surface area (Å²) in [5.74, 6) is 0.703. The third-order valence-electron chi connectivity index (χ3n) is 3.26. The van der Waals surface area contributed by atoms with Gasteiger partial charge in [-0.25, -0.2) is 9.37 Å². The molecular formula is C13H17ClFN3. The predicted octanol–water partition coefficient (Wildman–Crippen LogP) is 2.86. The van der Waals surface area contributed by atoms with Crippen molar-refractivity contribution >= 4 is 22.6 Å². The van der Waals surface area contributed by atoms with Crippen molar-refractivity contribution in [2.45, 2.75) is 25.4 Å². The molecule has 0 saturated carbocycles. The zero-order valence-corrected chi connectivity index (χ0v) is 11.6. The summed E-state index contributed by atoms with van der Waals surface area (Å²) in [6.45, 7) is 2.86. The Bertz CT molecular complexity index is 550. The molecule has 1 aromatic carbocycles. The molecule has 0 amide bonds. The number of para-hydroxylation sites is 1. The van der Waals surface area contributed by atoms with Crippen LogP contribution in [0.3, 0.4) is 0 Å². The van der Waals surface area contributed by atoms with E-state index in [-0.39, 0.29) is 11.7 Å². The second-order valence-electron chi connectivity index (χ2n) is 4.69. The molecule has 5 heteroatoms. The van der Waals surface area contributed by atoms with Crippen molar-refractivity contribution in [1.29, 1.82) is 0 Å². The van der Waals surface area contributed by atoms with Crippen LogP contribution in [0.1, 0.15) is 12.7 Å². The Morgan fingerprint density at radius 1 is 1.44 bits per heavy atom. The van der Waals surface area contributed by atoms with Crippen molar-refractivity contribution in [3.8, 4) is 0 Å². The Morgan fingerprint density at radius 3 is 2.78 bits per heavy atom. The number of halogens is 2. The minimum Gasteiger partial charge on any atom is -0.325 e. The van der Waals surface area contributed by atoms with E-state index in [1.54, 1.807) is 6.07 Å². The smallest absolute Gasteiger partial charge is 0.151 e. The molecule has 98 valence electrons. The topological polar surface area (TPSA) is 21.1 Å². The molecule has 1 heterocycles. The average Bonchev–Trinajstić information content (AvgIpc) is 2.69. The molecule has 0 fully saturated rings. The quantitative estimate of drug-likeness (QED) is 0.796. The lowest BCUT2D eigenvalue weighted by Crippen LogP contribution is -2.29. The fourth-order valence-corrected chi connectivity index (χ4v) is 2.10. The summed E-state index contributed by atoms with van der Waals surface area (Å²) in [6, 6.07) is 5.33. The van der Waals surface area contributed by atoms with Gasteiger partial charge in [0.25, 0.3) is 0 Å². The van der Waals surface area contributed by atoms with Gasteiger partial charge in [0.2, 0.25) is 0 Å². The number of benzene rings is 1. The molecule has 3 nitrogen and oxygen atoms in total. The molecule has 18 heavy (non-hydrogen) atoms. The third kappa shape index (κ3) is 2.35. The van der Waals surface area contributed by atoms with Gasteiger partial charge in [0, 0.05) is 12.6 Å². The maximum atomic E-state index is 13.7. The Hall–Kier alpha value is -1.13. The second-order valence-corrected chi connectivity index (χ2v) is 4.96. The summed E-state index contributed by atoms with van der Waals surface area (Å²) >= 11 is 5.90. The minimum absolute atomic E-state index is 0.286. The second kappa shape index (κ2) is 5.24. The lowest BCUT2D eigenvalue weighted by Gasteiger charge is -2.21. The maximum Gasteiger partial charge on any atom is 0.151 e. The predicted molar refractivity (Wildman–Crippen MR) is 72.4 cm³/mol. The highest BCUT2D eigenvalue weighted by Crippen LogP contribution is 2.21. The Labute approximate surface area is 111 Å². The van der Waals surface area contributed by atoms with E-state index in [4.69, 9.17) is 11.6 Å². The molecule has 0 radical (unpaired) electrons. The first kappa shape index (κ1) is 13.3. The molecule has 0 aliphatic heterocycles. The number of aromatic nitrogens is 2. The van der Waals surface area contributed by atoms with Gasteiger partial charge in [-0.3, -0.25) is 0 Å². The van der Waals surface area contributed by atoms with E-state index in [2.05, 4.69) is 16.8 Å². The first-order valence-electron chi connectivity index (χ1n) is 5.90. The summed E-state index contributed by atoms with van der Waals surface area (Å²) in [7, 11) is 4.04. The molecular weight excluding hydrogens is 253 g/mol. The van der Waals surface area contributed by atoms with E-state index in [1.807, 2.05) is 24.7 Å². The molecule has 0 spiro atoms. The Kier molecular flexibility index (Phi) is 3.88. The number of likely N-dealkylation sites (N-methyl/N-ethyl adjacent to an activating group) is 1. The largest absolute Gasteiger partial charge is 0.325 e. The zero-order chi connectivity index (χ0) is 13.3. The monoisotopic (exact) mass is 269 g/mol. The van der Waals surface area contributed by atoms with Crippen LogP contribution in [0, 0.1) is 5.82 Å². The van der Waals surface area contributed by atoms with Crippen molar-refractivity contribution in [1.82, 2.24) is 14.5 Å². The number of hydrogen-bond donors (Lipinski definition) is 0. The molecule has 2 aromatic rings. The average molecular weight is 270 g/mol. The summed E-state index contributed by atoms with van der Waals surface area (Å²) in [5.41, 5.74) is 1.21. The molecule has 0 N–H and O–H groups in total. The van der Waals surface area contributed by atoms with E-state index < -0.39 is 0 Å². The van der Waals surface area contributed by atoms with Gasteiger partial charge in [-0.2, -0.15) is 0 Å². The molecule has 0 bridgehead atoms. The summed E-state index contributed by atoms with van der Waals surface area (Å²) in [5, 5.41) is 0. The molecule has 1 aromatic heterocycles. The first-order valence-corrected chi connectivity index (χ1v) is 6.44. The highest BCUT2D eigenvalue weighted by Gasteiger charge is 2.15. The number of imidazole rings is 1. The normalized spacial score (nSPS) is 13.4. The van der Waals surface area contributed by atoms with Gasteiger partial charge in [0.1, 0.15) is 11.3 Å². The van der Waals surface area contributed by atoms with E-state index in [9.17, 15) is 4.39 Å². The van der Waals surface area contributed by atoms with Crippen molar-refractivity contribution in [3.05, 3.63) is 29.8 Å². The Balaban J connectivity index is 2.50. The number of alkyl halides is 1. The Morgan fingerprint density at radius 2 is 2.17 bits per heavy atom. The van der Waals surface area contributed by atoms with E-state index in [1.165, 1.54) is 6.07 Å². The van der Waals surface area contributed by atoms with Crippen molar-refractivity contribution in [2.24, 2.45) is 0 Å². The van der Waals surface area contributed by atoms with Crippen molar-refractivity contribution in [2.75, 3.05) is 14.1 Å². The van der Waals surface area contributed by atoms with Crippen LogP contribution in [0.25, 0.3) is 11.0 Å². The maximum absolute atomic E-state index is 13.7. The standard InChI is InChI=1S/C13H17ClFN3/c1-9(17(2)3)8-18-11-6-4-5-10(15)13(11)16-12(18)7-14/h4-6,9H,7-8H2,1-3H3. The van der Waals surface area contributed by atoms with Crippen LogP contribution in [-0.4, -0.2) is 34.6 Å². The fraction of sp³-hybridized carbons (Fsp3) is 0.462. The van der Waals surface area contributed by atoms with Gasteiger partial charge in [-0.15, -0.1) is 11.6 Å². The molecule has 0 saturated heterocycles. The van der Waals surface area contributed by atoms with Gasteiger partial charge < -0.3 is 9.47 Å². The molecule has 0 aliphatic carbocycles. The van der Waals surface area contributed by atoms with Crippen LogP contribution in [0.15, 0.2) is 18.2 Å². The third-order valence-corrected chi connectivity index (χ3v) is 3.50. The van der Waals surface area contributed by atoms with E-state index >= 15 is 0 Å². The van der Waals surface area contributed by atoms with Crippen LogP contribution in [0.2, 0.25) is 0 Å². The van der Waals surface area contributed by atoms with Crippen LogP contribution in [0.4, 0.5) is 4.39 Å². The van der Waals surface area contributed by atoms with E-state index in [0.717, 1.165) is 12.1 Å². The van der Waals surface area contributed by atoms with E-state index in [0.29, 0.717) is 17.4 Å². The van der Waals surface area contributed by atoms with Gasteiger partial charge in [-0.05, 0) is 33.2 Å². The first-order chi connectivity index (χ1) is 8.54. The number of nitrogens with zero attached hydrogens (tertiary/aromatic N) is 3. The molecule has 0 aliphatic rings. The molecule has 2 rings (SSSR count). The van der Waals surface area contributed by atoms with Crippen LogP contribution >= 0.6 is 11.6 Å². The lowest BCUT2D eigenvalue weighted by molar-refractivity contribution is 0.284. The lowest BCUT2D eigenvalue weighted by atomic mass is 10.2. The highest BCUT2D eigenvalue weighted by atomic mass is 35.5. The zero-order valence-electron chi connectivity index (χ0n) is 10.8. The van der Waals surface area contributed by atoms with Gasteiger partial charge >= 0.3 is 0 Å². The van der Waals surface area contributed by atoms with Gasteiger partial charge in [-0.1, -0.05) is 6.07 Å². The van der Waals surface area contributed by atoms with Gasteiger partial charge in [0.05, 0.1) is 11.4 Å². The van der Waals surface area contributed by atoms with Crippen molar-refractivity contribution < 1.29 is 4.39 Å². The van der Waals surface area contributed by atoms with Crippen LogP contribution in [-0.2, 0) is 12.4 Å². The minimum atomic E-state index is -0.296. The number of rotatable bonds is 4. The summed E-state index contributed by atoms with van der Waals surface area (Å²) < 4.78 is 15.7. The van der Waals surface area contributed by atoms with Crippen LogP contribution < -0.4 is 0 Å². The van der Waals surface area contributed by atoms with Crippen molar-refractivity contribution in [3.63, 3.8) is 0 Å². The number of hydrogen-bond acceptors (Lipinski definition) is 2. The molecule has 1 atom stereocenters. The summed E-state index contributed by atoms with van der Waals surface area (Å²) in [4.78, 5) is 6.39. The SMILES string of the molecule is CC(Cn1c(CCl)nc2c(F)cccc21)N(C)C. The summed E-state index contributed by atoms with van der Waals surface area (Å²) in [6.07, 6.45) is 0. The van der Waals surface area contributed by atoms with Gasteiger partial charge in [0.15, 0.2) is 5.82 Å². The molecule has 1 unspecified atom stereocenters. The van der Waals surface area contributed by atoms with Crippen LogP contribution in [0.5, 0.6) is 0 Å². The highest BCUT2D eigenvalue weighted by molar-refractivity contribution is 6.16.